The van der Waals surface area contributed by atoms with E-state index >= 15 is 0 Å². The highest BCUT2D eigenvalue weighted by Gasteiger charge is 2.18. The molecule has 2 unspecified atom stereocenters. The third kappa shape index (κ3) is 71.0. The van der Waals surface area contributed by atoms with Gasteiger partial charge in [-0.25, -0.2) is 0 Å². The van der Waals surface area contributed by atoms with E-state index < -0.39 is 12.1 Å². The molecule has 502 valence electrons. The van der Waals surface area contributed by atoms with Crippen LogP contribution in [0.2, 0.25) is 0 Å². The smallest absolute Gasteiger partial charge is 0.305 e. The Morgan fingerprint density at radius 2 is 0.588 bits per heavy atom. The molecule has 0 aromatic heterocycles. The number of aliphatic hydroxyl groups excluding tert-OH is 2. The van der Waals surface area contributed by atoms with Crippen LogP contribution in [0.5, 0.6) is 0 Å². The minimum absolute atomic E-state index is 0.0199. The summed E-state index contributed by atoms with van der Waals surface area (Å²) in [6.45, 7) is 4.91. The summed E-state index contributed by atoms with van der Waals surface area (Å²) in [5, 5.41) is 23.1. The first-order valence-electron chi connectivity index (χ1n) is 38.8. The number of hydrogen-bond acceptors (Lipinski definition) is 5. The maximum atomic E-state index is 12.5. The van der Waals surface area contributed by atoms with Crippen LogP contribution in [0, 0.1) is 0 Å². The summed E-state index contributed by atoms with van der Waals surface area (Å²) in [5.41, 5.74) is 0. The van der Waals surface area contributed by atoms with Crippen LogP contribution in [0.15, 0.2) is 36.5 Å². The average Bonchev–Trinajstić information content (AvgIpc) is 3.52. The van der Waals surface area contributed by atoms with Crippen molar-refractivity contribution in [2.24, 2.45) is 0 Å². The van der Waals surface area contributed by atoms with Crippen LogP contribution in [0.4, 0.5) is 0 Å². The number of allylic oxidation sites excluding steroid dienone is 5. The fraction of sp³-hybridized carbons (Fsp3) is 0.899. The minimum Gasteiger partial charge on any atom is -0.466 e. The SMILES string of the molecule is CCCCC/C=C\C/C=C\CCCCCCCCCCCC(=O)OCCCCCCCCCCCCCCCCCCCCCCCCCCCCCCCCCCCCCCCC(=O)NC(CO)C(O)/C=C/CCCCCCCCCCCC. The van der Waals surface area contributed by atoms with Gasteiger partial charge in [-0.1, -0.05) is 391 Å². The molecule has 6 heteroatoms. The molecular formula is C79H151NO5. The van der Waals surface area contributed by atoms with E-state index in [4.69, 9.17) is 4.74 Å². The zero-order valence-electron chi connectivity index (χ0n) is 57.6. The molecule has 0 saturated carbocycles. The number of ether oxygens (including phenoxy) is 1. The van der Waals surface area contributed by atoms with Crippen LogP contribution in [-0.2, 0) is 14.3 Å². The number of nitrogens with one attached hydrogen (secondary N) is 1. The van der Waals surface area contributed by atoms with Gasteiger partial charge in [0, 0.05) is 12.8 Å². The number of amides is 1. The number of carbonyl (C=O) groups excluding carboxylic acids is 2. The summed E-state index contributed by atoms with van der Waals surface area (Å²) in [5.74, 6) is -0.0411. The average molecular weight is 1200 g/mol. The lowest BCUT2D eigenvalue weighted by molar-refractivity contribution is -0.143. The van der Waals surface area contributed by atoms with E-state index in [2.05, 4.69) is 43.5 Å². The van der Waals surface area contributed by atoms with Gasteiger partial charge in [-0.2, -0.15) is 0 Å². The predicted octanol–water partition coefficient (Wildman–Crippen LogP) is 25.4. The molecule has 6 nitrogen and oxygen atoms in total. The molecule has 0 aliphatic carbocycles. The molecule has 3 N–H and O–H groups in total. The van der Waals surface area contributed by atoms with Crippen LogP contribution in [0.3, 0.4) is 0 Å². The summed E-state index contributed by atoms with van der Waals surface area (Å²) in [7, 11) is 0. The monoisotopic (exact) mass is 1190 g/mol. The Bertz CT molecular complexity index is 1380. The van der Waals surface area contributed by atoms with Crippen LogP contribution in [-0.4, -0.2) is 47.4 Å². The number of esters is 1. The number of aliphatic hydroxyl groups is 2. The molecule has 0 aliphatic rings. The highest BCUT2D eigenvalue weighted by molar-refractivity contribution is 5.76. The third-order valence-electron chi connectivity index (χ3n) is 18.2. The Hall–Kier alpha value is -1.92. The molecule has 2 atom stereocenters. The molecule has 1 amide bonds. The molecule has 0 aromatic carbocycles. The van der Waals surface area contributed by atoms with Gasteiger partial charge < -0.3 is 20.3 Å². The predicted molar refractivity (Wildman–Crippen MR) is 375 cm³/mol. The molecular weight excluding hydrogens is 1040 g/mol. The second kappa shape index (κ2) is 74.5. The normalized spacial score (nSPS) is 12.7. The third-order valence-corrected chi connectivity index (χ3v) is 18.2. The van der Waals surface area contributed by atoms with Crippen molar-refractivity contribution in [1.82, 2.24) is 5.32 Å². The van der Waals surface area contributed by atoms with Gasteiger partial charge in [0.25, 0.3) is 0 Å². The van der Waals surface area contributed by atoms with E-state index in [1.807, 2.05) is 6.08 Å². The number of carbonyl (C=O) groups is 2. The summed E-state index contributed by atoms with van der Waals surface area (Å²) >= 11 is 0. The largest absolute Gasteiger partial charge is 0.466 e. The fourth-order valence-corrected chi connectivity index (χ4v) is 12.3. The minimum atomic E-state index is -0.839. The summed E-state index contributed by atoms with van der Waals surface area (Å²) in [6, 6.07) is -0.622. The first kappa shape index (κ1) is 83.1. The van der Waals surface area contributed by atoms with Gasteiger partial charge in [-0.3, -0.25) is 9.59 Å². The van der Waals surface area contributed by atoms with Crippen molar-refractivity contribution in [2.75, 3.05) is 13.2 Å². The molecule has 0 fully saturated rings. The molecule has 0 aliphatic heterocycles. The lowest BCUT2D eigenvalue weighted by Crippen LogP contribution is -2.45. The maximum absolute atomic E-state index is 12.5. The van der Waals surface area contributed by atoms with Crippen molar-refractivity contribution in [3.63, 3.8) is 0 Å². The zero-order chi connectivity index (χ0) is 61.3. The highest BCUT2D eigenvalue weighted by atomic mass is 16.5. The van der Waals surface area contributed by atoms with Crippen LogP contribution < -0.4 is 5.32 Å². The van der Waals surface area contributed by atoms with Crippen molar-refractivity contribution >= 4 is 11.9 Å². The van der Waals surface area contributed by atoms with E-state index in [1.54, 1.807) is 6.08 Å². The Labute approximate surface area is 532 Å². The molecule has 0 spiro atoms. The van der Waals surface area contributed by atoms with Crippen LogP contribution in [0.25, 0.3) is 0 Å². The lowest BCUT2D eigenvalue weighted by Gasteiger charge is -2.20. The standard InChI is InChI=1S/C79H151NO5/c1-3-5-7-9-11-13-15-17-18-19-39-43-46-49-53-57-61-65-69-73-79(84)85-74-70-66-62-58-54-50-47-44-41-38-36-34-32-30-28-26-24-22-20-21-23-25-27-29-31-33-35-37-40-42-45-48-52-56-60-64-68-72-78(83)80-76(75-81)77(82)71-67-63-59-55-51-16-14-12-10-8-6-4-2/h11,13,17-18,67,71,76-77,81-82H,3-10,12,14-16,19-66,68-70,72-75H2,1-2H3,(H,80,83)/b13-11-,18-17-,71-67+. The van der Waals surface area contributed by atoms with Crippen molar-refractivity contribution in [2.45, 2.75) is 443 Å². The van der Waals surface area contributed by atoms with E-state index in [1.165, 1.54) is 360 Å². The van der Waals surface area contributed by atoms with Gasteiger partial charge in [0.2, 0.25) is 5.91 Å². The van der Waals surface area contributed by atoms with Gasteiger partial charge in [-0.15, -0.1) is 0 Å². The molecule has 0 bridgehead atoms. The molecule has 0 radical (unpaired) electrons. The Morgan fingerprint density at radius 3 is 0.918 bits per heavy atom. The van der Waals surface area contributed by atoms with E-state index in [9.17, 15) is 19.8 Å². The lowest BCUT2D eigenvalue weighted by atomic mass is 10.0. The van der Waals surface area contributed by atoms with Crippen LogP contribution in [0.1, 0.15) is 431 Å². The zero-order valence-corrected chi connectivity index (χ0v) is 57.6. The van der Waals surface area contributed by atoms with Crippen molar-refractivity contribution in [3.8, 4) is 0 Å². The summed E-state index contributed by atoms with van der Waals surface area (Å²) in [6.07, 6.45) is 97.0. The van der Waals surface area contributed by atoms with E-state index in [-0.39, 0.29) is 18.5 Å². The quantitative estimate of drug-likeness (QED) is 0.0320. The second-order valence-electron chi connectivity index (χ2n) is 26.7. The first-order valence-corrected chi connectivity index (χ1v) is 38.8. The van der Waals surface area contributed by atoms with Gasteiger partial charge in [0.1, 0.15) is 0 Å². The number of hydrogen-bond donors (Lipinski definition) is 3. The maximum Gasteiger partial charge on any atom is 0.305 e. The van der Waals surface area contributed by atoms with Crippen molar-refractivity contribution in [1.29, 1.82) is 0 Å². The van der Waals surface area contributed by atoms with Gasteiger partial charge in [0.05, 0.1) is 25.4 Å². The molecule has 0 saturated heterocycles. The van der Waals surface area contributed by atoms with Crippen LogP contribution >= 0.6 is 0 Å². The van der Waals surface area contributed by atoms with Crippen molar-refractivity contribution in [3.05, 3.63) is 36.5 Å². The number of rotatable bonds is 73. The van der Waals surface area contributed by atoms with Gasteiger partial charge in [0.15, 0.2) is 0 Å². The second-order valence-corrected chi connectivity index (χ2v) is 26.7. The first-order chi connectivity index (χ1) is 42.0. The Kier molecular flexibility index (Phi) is 72.9. The molecule has 85 heavy (non-hydrogen) atoms. The summed E-state index contributed by atoms with van der Waals surface area (Å²) in [4.78, 5) is 24.6. The Morgan fingerprint density at radius 1 is 0.329 bits per heavy atom. The highest BCUT2D eigenvalue weighted by Crippen LogP contribution is 2.20. The van der Waals surface area contributed by atoms with Gasteiger partial charge >= 0.3 is 5.97 Å². The van der Waals surface area contributed by atoms with E-state index in [0.29, 0.717) is 19.4 Å². The summed E-state index contributed by atoms with van der Waals surface area (Å²) < 4.78 is 5.52. The topological polar surface area (TPSA) is 95.9 Å². The fourth-order valence-electron chi connectivity index (χ4n) is 12.3. The molecule has 0 aromatic rings. The number of unbranched alkanes of at least 4 members (excludes halogenated alkanes) is 58. The van der Waals surface area contributed by atoms with Crippen molar-refractivity contribution < 1.29 is 24.5 Å². The molecule has 0 heterocycles. The van der Waals surface area contributed by atoms with E-state index in [0.717, 1.165) is 44.9 Å². The Balaban J connectivity index is 3.29. The molecule has 0 rings (SSSR count). The van der Waals surface area contributed by atoms with Gasteiger partial charge in [-0.05, 0) is 64.2 Å².